The largest absolute Gasteiger partial charge is 0.311 e. The Hall–Kier alpha value is -4.77. The third kappa shape index (κ3) is 5.31. The maximum absolute atomic E-state index is 12.9. The number of carbonyl (C=O) groups excluding carboxylic acids is 2. The summed E-state index contributed by atoms with van der Waals surface area (Å²) in [5, 5.41) is 11.9. The van der Waals surface area contributed by atoms with Crippen LogP contribution in [-0.2, 0) is 6.54 Å². The van der Waals surface area contributed by atoms with Gasteiger partial charge in [0.25, 0.3) is 11.8 Å². The fourth-order valence-electron chi connectivity index (χ4n) is 3.88. The minimum Gasteiger partial charge on any atom is -0.311 e. The number of benzene rings is 3. The van der Waals surface area contributed by atoms with Crippen molar-refractivity contribution in [3.63, 3.8) is 0 Å². The maximum Gasteiger partial charge on any atom is 0.258 e. The molecule has 180 valence electrons. The lowest BCUT2D eigenvalue weighted by molar-refractivity contribution is 0.0991. The number of unbranched alkanes of at least 4 members (excludes halogenated alkanes) is 1. The van der Waals surface area contributed by atoms with Gasteiger partial charge in [0.05, 0.1) is 22.7 Å². The van der Waals surface area contributed by atoms with Gasteiger partial charge in [-0.25, -0.2) is 4.98 Å². The molecule has 0 atom stereocenters. The SMILES string of the molecule is CN=CCCCn1c(NC(=O)c2ccc(C#N)cc2)nc2cc(N(C)C(=O)c3ccccc3)ccc21. The van der Waals surface area contributed by atoms with Crippen molar-refractivity contribution in [1.82, 2.24) is 9.55 Å². The number of amides is 2. The monoisotopic (exact) mass is 478 g/mol. The topological polar surface area (TPSA) is 103 Å². The van der Waals surface area contributed by atoms with Crippen molar-refractivity contribution < 1.29 is 9.59 Å². The summed E-state index contributed by atoms with van der Waals surface area (Å²) < 4.78 is 1.96. The molecule has 0 fully saturated rings. The predicted octanol–water partition coefficient (Wildman–Crippen LogP) is 4.92. The quantitative estimate of drug-likeness (QED) is 0.287. The van der Waals surface area contributed by atoms with Crippen molar-refractivity contribution in [3.05, 3.63) is 89.5 Å². The first-order valence-corrected chi connectivity index (χ1v) is 11.6. The second kappa shape index (κ2) is 11.1. The van der Waals surface area contributed by atoms with Crippen molar-refractivity contribution in [2.24, 2.45) is 4.99 Å². The Morgan fingerprint density at radius 1 is 1.08 bits per heavy atom. The molecule has 1 heterocycles. The fraction of sp³-hybridized carbons (Fsp3) is 0.179. The van der Waals surface area contributed by atoms with Gasteiger partial charge in [0, 0.05) is 37.5 Å². The molecule has 4 aromatic rings. The number of imidazole rings is 1. The minimum atomic E-state index is -0.317. The van der Waals surface area contributed by atoms with Crippen LogP contribution < -0.4 is 10.2 Å². The zero-order valence-electron chi connectivity index (χ0n) is 20.2. The third-order valence-corrected chi connectivity index (χ3v) is 5.84. The zero-order chi connectivity index (χ0) is 25.5. The third-order valence-electron chi connectivity index (χ3n) is 5.84. The standard InChI is InChI=1S/C28H26N6O2/c1-30-16-6-7-17-34-25-15-14-23(33(2)27(36)22-8-4-3-5-9-22)18-24(25)31-28(34)32-26(35)21-12-10-20(19-29)11-13-21/h3-5,8-16,18H,6-7,17H2,1-2H3,(H,31,32,35). The Bertz CT molecular complexity index is 1450. The van der Waals surface area contributed by atoms with E-state index in [0.717, 1.165) is 18.4 Å². The van der Waals surface area contributed by atoms with Crippen LogP contribution in [0.25, 0.3) is 11.0 Å². The summed E-state index contributed by atoms with van der Waals surface area (Å²) in [6.45, 7) is 0.629. The summed E-state index contributed by atoms with van der Waals surface area (Å²) in [7, 11) is 3.47. The maximum atomic E-state index is 12.9. The van der Waals surface area contributed by atoms with E-state index < -0.39 is 0 Å². The highest BCUT2D eigenvalue weighted by atomic mass is 16.2. The van der Waals surface area contributed by atoms with Gasteiger partial charge in [-0.2, -0.15) is 5.26 Å². The van der Waals surface area contributed by atoms with Crippen molar-refractivity contribution in [2.45, 2.75) is 19.4 Å². The number of hydrogen-bond acceptors (Lipinski definition) is 5. The summed E-state index contributed by atoms with van der Waals surface area (Å²) in [6.07, 6.45) is 3.47. The lowest BCUT2D eigenvalue weighted by Crippen LogP contribution is -2.26. The lowest BCUT2D eigenvalue weighted by atomic mass is 10.1. The average Bonchev–Trinajstić information content (AvgIpc) is 3.26. The highest BCUT2D eigenvalue weighted by molar-refractivity contribution is 6.07. The summed E-state index contributed by atoms with van der Waals surface area (Å²) in [5.74, 6) is -0.0210. The number of rotatable bonds is 8. The van der Waals surface area contributed by atoms with Gasteiger partial charge in [0.15, 0.2) is 0 Å². The van der Waals surface area contributed by atoms with E-state index in [1.807, 2.05) is 53.2 Å². The molecule has 4 rings (SSSR count). The number of nitrogens with zero attached hydrogens (tertiary/aromatic N) is 5. The van der Waals surface area contributed by atoms with E-state index in [-0.39, 0.29) is 11.8 Å². The molecule has 0 bridgehead atoms. The first-order chi connectivity index (χ1) is 17.5. The van der Waals surface area contributed by atoms with Gasteiger partial charge in [-0.05, 0) is 73.7 Å². The van der Waals surface area contributed by atoms with Crippen LogP contribution in [0.3, 0.4) is 0 Å². The lowest BCUT2D eigenvalue weighted by Gasteiger charge is -2.17. The minimum absolute atomic E-state index is 0.123. The Labute approximate surface area is 209 Å². The number of aryl methyl sites for hydroxylation is 1. The van der Waals surface area contributed by atoms with Crippen LogP contribution in [0.2, 0.25) is 0 Å². The van der Waals surface area contributed by atoms with Crippen molar-refractivity contribution >= 4 is 40.7 Å². The second-order valence-corrected chi connectivity index (χ2v) is 8.22. The van der Waals surface area contributed by atoms with Crippen LogP contribution in [0.15, 0.2) is 77.8 Å². The number of anilines is 2. The Morgan fingerprint density at radius 2 is 1.83 bits per heavy atom. The molecule has 36 heavy (non-hydrogen) atoms. The number of aliphatic imine (C=N–C) groups is 1. The molecule has 0 aliphatic heterocycles. The van der Waals surface area contributed by atoms with Gasteiger partial charge in [-0.3, -0.25) is 14.9 Å². The van der Waals surface area contributed by atoms with E-state index in [0.29, 0.717) is 40.4 Å². The van der Waals surface area contributed by atoms with Crippen LogP contribution in [-0.4, -0.2) is 41.7 Å². The van der Waals surface area contributed by atoms with E-state index in [1.165, 1.54) is 0 Å². The van der Waals surface area contributed by atoms with E-state index in [1.54, 1.807) is 55.4 Å². The molecule has 0 saturated heterocycles. The highest BCUT2D eigenvalue weighted by Crippen LogP contribution is 2.26. The van der Waals surface area contributed by atoms with Gasteiger partial charge < -0.3 is 14.5 Å². The normalized spacial score (nSPS) is 10.9. The van der Waals surface area contributed by atoms with Gasteiger partial charge in [0.2, 0.25) is 5.95 Å². The van der Waals surface area contributed by atoms with Crippen molar-refractivity contribution in [3.8, 4) is 6.07 Å². The smallest absolute Gasteiger partial charge is 0.258 e. The average molecular weight is 479 g/mol. The van der Waals surface area contributed by atoms with E-state index in [9.17, 15) is 9.59 Å². The Kier molecular flexibility index (Phi) is 7.51. The molecule has 0 aliphatic rings. The number of nitrogens with one attached hydrogen (secondary N) is 1. The van der Waals surface area contributed by atoms with Gasteiger partial charge in [0.1, 0.15) is 0 Å². The number of fused-ring (bicyclic) bond motifs is 1. The molecule has 0 spiro atoms. The summed E-state index contributed by atoms with van der Waals surface area (Å²) in [6, 6.07) is 23.2. The van der Waals surface area contributed by atoms with Gasteiger partial charge in [-0.1, -0.05) is 18.2 Å². The summed E-state index contributed by atoms with van der Waals surface area (Å²) >= 11 is 0. The molecule has 3 aromatic carbocycles. The summed E-state index contributed by atoms with van der Waals surface area (Å²) in [4.78, 5) is 36.1. The van der Waals surface area contributed by atoms with E-state index in [4.69, 9.17) is 10.2 Å². The molecule has 1 aromatic heterocycles. The fourth-order valence-corrected chi connectivity index (χ4v) is 3.88. The molecule has 0 unspecified atom stereocenters. The number of aromatic nitrogens is 2. The highest BCUT2D eigenvalue weighted by Gasteiger charge is 2.18. The van der Waals surface area contributed by atoms with Gasteiger partial charge >= 0.3 is 0 Å². The first kappa shape index (κ1) is 24.4. The molecule has 0 saturated carbocycles. The zero-order valence-corrected chi connectivity index (χ0v) is 20.2. The van der Waals surface area contributed by atoms with Crippen LogP contribution in [0.1, 0.15) is 39.1 Å². The van der Waals surface area contributed by atoms with E-state index >= 15 is 0 Å². The number of nitriles is 1. The van der Waals surface area contributed by atoms with Crippen LogP contribution in [0, 0.1) is 11.3 Å². The number of hydrogen-bond donors (Lipinski definition) is 1. The number of carbonyl (C=O) groups is 2. The first-order valence-electron chi connectivity index (χ1n) is 11.6. The molecule has 8 nitrogen and oxygen atoms in total. The predicted molar refractivity (Wildman–Crippen MR) is 142 cm³/mol. The molecular weight excluding hydrogens is 452 g/mol. The molecule has 1 N–H and O–H groups in total. The van der Waals surface area contributed by atoms with E-state index in [2.05, 4.69) is 10.3 Å². The van der Waals surface area contributed by atoms with Crippen LogP contribution >= 0.6 is 0 Å². The summed E-state index contributed by atoms with van der Waals surface area (Å²) in [5.41, 5.74) is 3.72. The molecule has 0 radical (unpaired) electrons. The Morgan fingerprint density at radius 3 is 2.53 bits per heavy atom. The molecule has 8 heteroatoms. The molecule has 0 aliphatic carbocycles. The second-order valence-electron chi connectivity index (χ2n) is 8.22. The van der Waals surface area contributed by atoms with Crippen molar-refractivity contribution in [2.75, 3.05) is 24.3 Å². The molecule has 2 amide bonds. The van der Waals surface area contributed by atoms with Crippen molar-refractivity contribution in [1.29, 1.82) is 5.26 Å². The Balaban J connectivity index is 1.65. The molecular formula is C28H26N6O2. The van der Waals surface area contributed by atoms with Crippen LogP contribution in [0.5, 0.6) is 0 Å². The van der Waals surface area contributed by atoms with Crippen LogP contribution in [0.4, 0.5) is 11.6 Å². The van der Waals surface area contributed by atoms with Gasteiger partial charge in [-0.15, -0.1) is 0 Å².